The fraction of sp³-hybridized carbons (Fsp3) is 0.286. The Morgan fingerprint density at radius 2 is 1.94 bits per heavy atom. The minimum absolute atomic E-state index is 0.0633. The third-order valence-electron chi connectivity index (χ3n) is 6.81. The van der Waals surface area contributed by atoms with Crippen LogP contribution in [0.3, 0.4) is 0 Å². The van der Waals surface area contributed by atoms with E-state index in [1.54, 1.807) is 12.4 Å². The lowest BCUT2D eigenvalue weighted by atomic mass is 9.72. The third kappa shape index (κ3) is 4.41. The van der Waals surface area contributed by atoms with E-state index >= 15 is 0 Å². The van der Waals surface area contributed by atoms with Crippen LogP contribution in [0, 0.1) is 6.92 Å². The smallest absolute Gasteiger partial charge is 0.255 e. The molecule has 0 spiro atoms. The molecule has 0 fully saturated rings. The highest BCUT2D eigenvalue weighted by atomic mass is 16.2. The molecule has 7 nitrogen and oxygen atoms in total. The van der Waals surface area contributed by atoms with E-state index in [2.05, 4.69) is 32.8 Å². The second-order valence-electron chi connectivity index (χ2n) is 9.23. The van der Waals surface area contributed by atoms with Crippen LogP contribution in [0.15, 0.2) is 83.6 Å². The first-order chi connectivity index (χ1) is 16.9. The van der Waals surface area contributed by atoms with Crippen molar-refractivity contribution in [2.75, 3.05) is 5.32 Å². The van der Waals surface area contributed by atoms with Gasteiger partial charge in [0, 0.05) is 59.4 Å². The predicted octanol–water partition coefficient (Wildman–Crippen LogP) is 4.61. The van der Waals surface area contributed by atoms with E-state index in [1.165, 1.54) is 0 Å². The molecule has 7 heteroatoms. The van der Waals surface area contributed by atoms with Gasteiger partial charge in [0.15, 0.2) is 5.78 Å². The van der Waals surface area contributed by atoms with Gasteiger partial charge in [-0.15, -0.1) is 0 Å². The maximum Gasteiger partial charge on any atom is 0.255 e. The number of hydrogen-bond acceptors (Lipinski definition) is 5. The Labute approximate surface area is 205 Å². The second-order valence-corrected chi connectivity index (χ2v) is 9.23. The molecule has 0 bridgehead atoms. The van der Waals surface area contributed by atoms with Crippen molar-refractivity contribution in [3.63, 3.8) is 0 Å². The van der Waals surface area contributed by atoms with Crippen LogP contribution in [-0.4, -0.2) is 26.5 Å². The van der Waals surface area contributed by atoms with Gasteiger partial charge in [-0.2, -0.15) is 5.10 Å². The molecule has 0 saturated carbocycles. The molecule has 0 radical (unpaired) electrons. The Hall–Kier alpha value is -4.00. The van der Waals surface area contributed by atoms with Crippen LogP contribution in [-0.2, 0) is 16.1 Å². The maximum atomic E-state index is 13.7. The van der Waals surface area contributed by atoms with Gasteiger partial charge in [-0.05, 0) is 56.4 Å². The van der Waals surface area contributed by atoms with Gasteiger partial charge < -0.3 is 10.6 Å². The van der Waals surface area contributed by atoms with Gasteiger partial charge in [-0.3, -0.25) is 14.3 Å². The summed E-state index contributed by atoms with van der Waals surface area (Å²) in [6.07, 6.45) is 6.50. The van der Waals surface area contributed by atoms with Crippen LogP contribution in [0.4, 0.5) is 5.82 Å². The molecule has 0 saturated heterocycles. The average molecular weight is 468 g/mol. The lowest BCUT2D eigenvalue weighted by Gasteiger charge is -2.36. The second kappa shape index (κ2) is 9.33. The Morgan fingerprint density at radius 1 is 1.14 bits per heavy atom. The molecule has 1 amide bonds. The van der Waals surface area contributed by atoms with E-state index in [9.17, 15) is 9.59 Å². The number of nitrogens with one attached hydrogen (secondary N) is 2. The number of rotatable bonds is 5. The number of hydrogen-bond donors (Lipinski definition) is 2. The molecular formula is C28H29N5O2. The maximum absolute atomic E-state index is 13.7. The molecule has 178 valence electrons. The van der Waals surface area contributed by atoms with E-state index < -0.39 is 5.92 Å². The molecule has 1 aromatic carbocycles. The van der Waals surface area contributed by atoms with Gasteiger partial charge >= 0.3 is 0 Å². The number of anilines is 1. The summed E-state index contributed by atoms with van der Waals surface area (Å²) < 4.78 is 1.82. The molecule has 2 N–H and O–H groups in total. The van der Waals surface area contributed by atoms with Crippen LogP contribution < -0.4 is 10.6 Å². The van der Waals surface area contributed by atoms with Gasteiger partial charge in [0.05, 0.1) is 6.20 Å². The lowest BCUT2D eigenvalue weighted by molar-refractivity contribution is -0.116. The van der Waals surface area contributed by atoms with Crippen LogP contribution >= 0.6 is 0 Å². The molecule has 2 aromatic heterocycles. The zero-order valence-electron chi connectivity index (χ0n) is 20.2. The Bertz CT molecular complexity index is 1350. The first kappa shape index (κ1) is 22.8. The molecule has 2 aliphatic rings. The van der Waals surface area contributed by atoms with Crippen molar-refractivity contribution in [3.8, 4) is 0 Å². The molecular weight excluding hydrogens is 438 g/mol. The molecule has 35 heavy (non-hydrogen) atoms. The number of aromatic nitrogens is 3. The highest BCUT2D eigenvalue weighted by molar-refractivity contribution is 6.09. The number of pyridine rings is 1. The van der Waals surface area contributed by atoms with E-state index in [0.717, 1.165) is 34.5 Å². The van der Waals surface area contributed by atoms with Crippen molar-refractivity contribution < 1.29 is 9.59 Å². The number of Topliss-reactive ketones (excluding diaryl/α,β-unsaturated/α-hetero) is 1. The zero-order valence-corrected chi connectivity index (χ0v) is 20.2. The minimum atomic E-state index is -0.486. The number of allylic oxidation sites excluding steroid dienone is 3. The summed E-state index contributed by atoms with van der Waals surface area (Å²) in [5.41, 5.74) is 5.82. The van der Waals surface area contributed by atoms with Crippen LogP contribution in [0.2, 0.25) is 0 Å². The highest BCUT2D eigenvalue weighted by Crippen LogP contribution is 2.45. The number of amides is 1. The third-order valence-corrected chi connectivity index (χ3v) is 6.81. The zero-order chi connectivity index (χ0) is 24.5. The van der Waals surface area contributed by atoms with Crippen LogP contribution in [0.5, 0.6) is 0 Å². The van der Waals surface area contributed by atoms with Crippen molar-refractivity contribution in [2.24, 2.45) is 0 Å². The van der Waals surface area contributed by atoms with Crippen molar-refractivity contribution in [3.05, 3.63) is 100 Å². The fourth-order valence-electron chi connectivity index (χ4n) is 5.12. The number of carbonyl (C=O) groups is 2. The summed E-state index contributed by atoms with van der Waals surface area (Å²) in [6, 6.07) is 13.9. The summed E-state index contributed by atoms with van der Waals surface area (Å²) in [7, 11) is 0. The first-order valence-corrected chi connectivity index (χ1v) is 12.0. The largest absolute Gasteiger partial charge is 0.362 e. The van der Waals surface area contributed by atoms with Crippen molar-refractivity contribution in [1.82, 2.24) is 20.1 Å². The van der Waals surface area contributed by atoms with Gasteiger partial charge in [-0.1, -0.05) is 30.3 Å². The van der Waals surface area contributed by atoms with Crippen molar-refractivity contribution in [1.29, 1.82) is 0 Å². The summed E-state index contributed by atoms with van der Waals surface area (Å²) in [5.74, 6) is -0.105. The first-order valence-electron chi connectivity index (χ1n) is 12.0. The van der Waals surface area contributed by atoms with Crippen LogP contribution in [0.1, 0.15) is 55.2 Å². The van der Waals surface area contributed by atoms with Crippen molar-refractivity contribution >= 4 is 17.5 Å². The monoisotopic (exact) mass is 467 g/mol. The number of aryl methyl sites for hydroxylation is 2. The summed E-state index contributed by atoms with van der Waals surface area (Å²) in [6.45, 7) is 6.57. The standard InChI is InChI=1S/C28H29N5O2/c1-4-33-16-21(15-30-33)26-25(28(35)32-24-12-17(2)10-11-29-24)18(3)31-22-13-20(14-23(34)27(22)26)19-8-6-5-7-9-19/h5-12,15-16,20,26,31H,4,13-14H2,1-3H3,(H,29,32,35). The predicted molar refractivity (Wildman–Crippen MR) is 135 cm³/mol. The molecule has 2 atom stereocenters. The normalized spacial score (nSPS) is 19.9. The number of ketones is 1. The Morgan fingerprint density at radius 3 is 2.66 bits per heavy atom. The quantitative estimate of drug-likeness (QED) is 0.572. The van der Waals surface area contributed by atoms with Gasteiger partial charge in [0.25, 0.3) is 5.91 Å². The summed E-state index contributed by atoms with van der Waals surface area (Å²) in [4.78, 5) is 31.5. The molecule has 1 aliphatic carbocycles. The fourth-order valence-corrected chi connectivity index (χ4v) is 5.12. The minimum Gasteiger partial charge on any atom is -0.362 e. The van der Waals surface area contributed by atoms with Crippen molar-refractivity contribution in [2.45, 2.75) is 52.0 Å². The molecule has 5 rings (SSSR count). The SMILES string of the molecule is CCn1cc(C2C(C(=O)Nc3cc(C)ccn3)=C(C)NC3=C2C(=O)CC(c2ccccc2)C3)cn1. The van der Waals surface area contributed by atoms with E-state index in [4.69, 9.17) is 0 Å². The number of benzene rings is 1. The summed E-state index contributed by atoms with van der Waals surface area (Å²) in [5, 5.41) is 10.8. The summed E-state index contributed by atoms with van der Waals surface area (Å²) >= 11 is 0. The average Bonchev–Trinajstić information content (AvgIpc) is 3.32. The number of dihydropyridines is 1. The molecule has 3 heterocycles. The molecule has 3 aromatic rings. The van der Waals surface area contributed by atoms with Gasteiger partial charge in [0.1, 0.15) is 5.82 Å². The van der Waals surface area contributed by atoms with Crippen LogP contribution in [0.25, 0.3) is 0 Å². The Balaban J connectivity index is 1.55. The van der Waals surface area contributed by atoms with E-state index in [0.29, 0.717) is 29.9 Å². The Kier molecular flexibility index (Phi) is 6.07. The topological polar surface area (TPSA) is 88.9 Å². The molecule has 2 unspecified atom stereocenters. The molecule has 1 aliphatic heterocycles. The lowest BCUT2D eigenvalue weighted by Crippen LogP contribution is -2.37. The van der Waals surface area contributed by atoms with E-state index in [-0.39, 0.29) is 17.6 Å². The van der Waals surface area contributed by atoms with Gasteiger partial charge in [-0.25, -0.2) is 4.98 Å². The highest BCUT2D eigenvalue weighted by Gasteiger charge is 2.41. The van der Waals surface area contributed by atoms with E-state index in [1.807, 2.05) is 62.0 Å². The number of carbonyl (C=O) groups excluding carboxylic acids is 2. The number of nitrogens with zero attached hydrogens (tertiary/aromatic N) is 3. The van der Waals surface area contributed by atoms with Gasteiger partial charge in [0.2, 0.25) is 0 Å².